The lowest BCUT2D eigenvalue weighted by molar-refractivity contribution is -0.0486. The molecular weight excluding hydrogens is 294 g/mol. The summed E-state index contributed by atoms with van der Waals surface area (Å²) in [5, 5.41) is 19.2. The zero-order valence-corrected chi connectivity index (χ0v) is 12.3. The van der Waals surface area contributed by atoms with Gasteiger partial charge in [0.05, 0.1) is 19.0 Å². The van der Waals surface area contributed by atoms with Crippen molar-refractivity contribution in [2.24, 2.45) is 0 Å². The second kappa shape index (κ2) is 6.14. The largest absolute Gasteiger partial charge is 0.394 e. The van der Waals surface area contributed by atoms with Gasteiger partial charge in [0.15, 0.2) is 23.2 Å². The molecule has 114 valence electrons. The Morgan fingerprint density at radius 2 is 2.33 bits per heavy atom. The lowest BCUT2D eigenvalue weighted by Crippen LogP contribution is -2.19. The third kappa shape index (κ3) is 2.69. The summed E-state index contributed by atoms with van der Waals surface area (Å²) in [7, 11) is 0. The zero-order chi connectivity index (χ0) is 14.8. The molecule has 0 amide bonds. The number of ether oxygens (including phenoxy) is 1. The van der Waals surface area contributed by atoms with E-state index < -0.39 is 12.3 Å². The molecule has 0 unspecified atom stereocenters. The first-order valence-corrected chi connectivity index (χ1v) is 7.72. The minimum absolute atomic E-state index is 0.116. The van der Waals surface area contributed by atoms with Crippen LogP contribution in [0.4, 0.5) is 5.82 Å². The van der Waals surface area contributed by atoms with E-state index in [0.29, 0.717) is 23.4 Å². The molecule has 21 heavy (non-hydrogen) atoms. The molecule has 3 rings (SSSR count). The Bertz CT molecular complexity index is 622. The molecule has 1 saturated heterocycles. The summed E-state index contributed by atoms with van der Waals surface area (Å²) in [6, 6.07) is 0. The van der Waals surface area contributed by atoms with E-state index in [4.69, 9.17) is 9.84 Å². The van der Waals surface area contributed by atoms with Crippen LogP contribution in [0.1, 0.15) is 19.6 Å². The molecule has 0 bridgehead atoms. The number of fused-ring (bicyclic) bond motifs is 1. The molecule has 8 nitrogen and oxygen atoms in total. The van der Waals surface area contributed by atoms with Crippen LogP contribution in [-0.4, -0.2) is 54.3 Å². The van der Waals surface area contributed by atoms with Gasteiger partial charge < -0.3 is 19.7 Å². The minimum atomic E-state index is -0.698. The Balaban J connectivity index is 1.93. The molecule has 0 saturated carbocycles. The van der Waals surface area contributed by atoms with Crippen molar-refractivity contribution < 1.29 is 14.9 Å². The van der Waals surface area contributed by atoms with E-state index in [2.05, 4.69) is 19.7 Å². The highest BCUT2D eigenvalue weighted by Gasteiger charge is 2.35. The van der Waals surface area contributed by atoms with E-state index >= 15 is 0 Å². The van der Waals surface area contributed by atoms with Crippen molar-refractivity contribution in [2.75, 3.05) is 17.1 Å². The monoisotopic (exact) mass is 311 g/mol. The van der Waals surface area contributed by atoms with Crippen molar-refractivity contribution >= 4 is 28.9 Å². The summed E-state index contributed by atoms with van der Waals surface area (Å²) >= 11 is 1.52. The number of anilines is 1. The molecule has 3 heterocycles. The van der Waals surface area contributed by atoms with Gasteiger partial charge in [-0.2, -0.15) is 0 Å². The van der Waals surface area contributed by atoms with E-state index in [1.807, 2.05) is 6.92 Å². The van der Waals surface area contributed by atoms with Crippen LogP contribution < -0.4 is 4.72 Å². The molecule has 2 aromatic rings. The maximum absolute atomic E-state index is 10.1. The number of hydrogen-bond acceptors (Lipinski definition) is 8. The first-order valence-electron chi connectivity index (χ1n) is 6.74. The van der Waals surface area contributed by atoms with Crippen LogP contribution in [0.25, 0.3) is 11.2 Å². The Kier molecular flexibility index (Phi) is 4.24. The number of nitrogens with one attached hydrogen (secondary N) is 1. The van der Waals surface area contributed by atoms with Gasteiger partial charge in [-0.25, -0.2) is 15.0 Å². The maximum Gasteiger partial charge on any atom is 0.167 e. The van der Waals surface area contributed by atoms with E-state index in [9.17, 15) is 5.11 Å². The van der Waals surface area contributed by atoms with Crippen molar-refractivity contribution in [3.05, 3.63) is 12.7 Å². The molecule has 0 aliphatic carbocycles. The number of hydrogen-bond donors (Lipinski definition) is 3. The van der Waals surface area contributed by atoms with E-state index in [1.165, 1.54) is 18.3 Å². The van der Waals surface area contributed by atoms with Crippen molar-refractivity contribution in [1.82, 2.24) is 19.5 Å². The molecule has 3 atom stereocenters. The molecule has 1 aliphatic rings. The second-order valence-electron chi connectivity index (χ2n) is 4.72. The molecule has 0 spiro atoms. The fraction of sp³-hybridized carbons (Fsp3) is 0.583. The molecule has 3 N–H and O–H groups in total. The summed E-state index contributed by atoms with van der Waals surface area (Å²) in [5.74, 6) is 1.53. The summed E-state index contributed by atoms with van der Waals surface area (Å²) < 4.78 is 10.4. The minimum Gasteiger partial charge on any atom is -0.394 e. The predicted octanol–water partition coefficient (Wildman–Crippen LogP) is 0.547. The Hall–Kier alpha value is -1.42. The quantitative estimate of drug-likeness (QED) is 0.687. The standard InChI is InChI=1S/C12H17N5O3S/c1-2-21-16-10-9-11(14-5-13-10)17(6-15-9)12-8(19)3-7(4-18)20-12/h5-8,12,18-19H,2-4H2,1H3,(H,13,14,16)/t7-,8+,12+/m0/s1. The fourth-order valence-corrected chi connectivity index (χ4v) is 2.78. The number of aliphatic hydroxyl groups excluding tert-OH is 2. The zero-order valence-electron chi connectivity index (χ0n) is 11.5. The van der Waals surface area contributed by atoms with Crippen LogP contribution in [0.3, 0.4) is 0 Å². The number of aromatic nitrogens is 4. The predicted molar refractivity (Wildman–Crippen MR) is 78.7 cm³/mol. The van der Waals surface area contributed by atoms with Crippen LogP contribution in [-0.2, 0) is 4.74 Å². The highest BCUT2D eigenvalue weighted by Crippen LogP contribution is 2.31. The van der Waals surface area contributed by atoms with Gasteiger partial charge >= 0.3 is 0 Å². The van der Waals surface area contributed by atoms with Gasteiger partial charge in [0.1, 0.15) is 12.4 Å². The molecular formula is C12H17N5O3S. The van der Waals surface area contributed by atoms with Crippen molar-refractivity contribution in [2.45, 2.75) is 31.8 Å². The lowest BCUT2D eigenvalue weighted by Gasteiger charge is -2.16. The molecule has 9 heteroatoms. The van der Waals surface area contributed by atoms with Crippen molar-refractivity contribution in [3.63, 3.8) is 0 Å². The van der Waals surface area contributed by atoms with Crippen LogP contribution in [0.5, 0.6) is 0 Å². The Morgan fingerprint density at radius 3 is 3.05 bits per heavy atom. The first-order chi connectivity index (χ1) is 10.2. The summed E-state index contributed by atoms with van der Waals surface area (Å²) in [5.41, 5.74) is 1.22. The molecule has 1 fully saturated rings. The third-order valence-corrected chi connectivity index (χ3v) is 3.94. The van der Waals surface area contributed by atoms with Gasteiger partial charge in [-0.1, -0.05) is 18.9 Å². The topological polar surface area (TPSA) is 105 Å². The normalized spacial score (nSPS) is 25.6. The second-order valence-corrected chi connectivity index (χ2v) is 5.79. The SMILES string of the molecule is CCSNc1ncnc2c1ncn2[C@@H]1O[C@H](CO)C[C@H]1O. The van der Waals surface area contributed by atoms with Crippen LogP contribution >= 0.6 is 11.9 Å². The third-order valence-electron chi connectivity index (χ3n) is 3.32. The van der Waals surface area contributed by atoms with E-state index in [0.717, 1.165) is 5.75 Å². The first kappa shape index (κ1) is 14.5. The molecule has 0 radical (unpaired) electrons. The maximum atomic E-state index is 10.1. The van der Waals surface area contributed by atoms with Crippen LogP contribution in [0.15, 0.2) is 12.7 Å². The van der Waals surface area contributed by atoms with Gasteiger partial charge in [-0.05, 0) is 0 Å². The van der Waals surface area contributed by atoms with Crippen LogP contribution in [0, 0.1) is 0 Å². The van der Waals surface area contributed by atoms with Gasteiger partial charge in [0, 0.05) is 12.2 Å². The highest BCUT2D eigenvalue weighted by molar-refractivity contribution is 8.00. The van der Waals surface area contributed by atoms with Crippen molar-refractivity contribution in [3.8, 4) is 0 Å². The van der Waals surface area contributed by atoms with Crippen LogP contribution in [0.2, 0.25) is 0 Å². The average Bonchev–Trinajstić information content (AvgIpc) is 3.08. The van der Waals surface area contributed by atoms with E-state index in [-0.39, 0.29) is 12.7 Å². The van der Waals surface area contributed by atoms with Gasteiger partial charge in [-0.3, -0.25) is 4.57 Å². The Morgan fingerprint density at radius 1 is 1.48 bits per heavy atom. The lowest BCUT2D eigenvalue weighted by atomic mass is 10.2. The molecule has 1 aliphatic heterocycles. The number of aliphatic hydroxyl groups is 2. The number of imidazole rings is 1. The summed E-state index contributed by atoms with van der Waals surface area (Å²) in [4.78, 5) is 12.7. The average molecular weight is 311 g/mol. The van der Waals surface area contributed by atoms with Gasteiger partial charge in [0.25, 0.3) is 0 Å². The van der Waals surface area contributed by atoms with Crippen molar-refractivity contribution in [1.29, 1.82) is 0 Å². The number of nitrogens with zero attached hydrogens (tertiary/aromatic N) is 4. The summed E-state index contributed by atoms with van der Waals surface area (Å²) in [6.45, 7) is 1.92. The molecule has 0 aromatic carbocycles. The fourth-order valence-electron chi connectivity index (χ4n) is 2.35. The van der Waals surface area contributed by atoms with Gasteiger partial charge in [-0.15, -0.1) is 0 Å². The smallest absolute Gasteiger partial charge is 0.167 e. The van der Waals surface area contributed by atoms with Gasteiger partial charge in [0.2, 0.25) is 0 Å². The highest BCUT2D eigenvalue weighted by atomic mass is 32.2. The molecule has 2 aromatic heterocycles. The number of rotatable bonds is 5. The van der Waals surface area contributed by atoms with E-state index in [1.54, 1.807) is 10.9 Å². The Labute approximate surface area is 125 Å². The summed E-state index contributed by atoms with van der Waals surface area (Å²) in [6.07, 6.45) is 1.77.